The summed E-state index contributed by atoms with van der Waals surface area (Å²) in [4.78, 5) is 0. The summed E-state index contributed by atoms with van der Waals surface area (Å²) in [6.07, 6.45) is 0. The monoisotopic (exact) mass is 290 g/mol. The molecular weight excluding hydrogens is 272 g/mol. The molecule has 0 bridgehead atoms. The van der Waals surface area contributed by atoms with E-state index in [-0.39, 0.29) is 24.8 Å². The molecule has 0 amide bonds. The van der Waals surface area contributed by atoms with Crippen LogP contribution in [0.3, 0.4) is 0 Å². The molecule has 0 aliphatic carbocycles. The summed E-state index contributed by atoms with van der Waals surface area (Å²) in [6.45, 7) is 4.89. The van der Waals surface area contributed by atoms with Gasteiger partial charge in [-0.05, 0) is 13.8 Å². The molecule has 1 rings (SSSR count). The molecule has 0 aromatic heterocycles. The zero-order chi connectivity index (χ0) is 13.4. The predicted octanol–water partition coefficient (Wildman–Crippen LogP) is 2.03. The lowest BCUT2D eigenvalue weighted by Crippen LogP contribution is -2.20. The molecule has 0 spiro atoms. The molecule has 1 aromatic carbocycles. The maximum Gasteiger partial charge on any atom is 0.177 e. The van der Waals surface area contributed by atoms with E-state index in [1.807, 2.05) is 13.8 Å². The van der Waals surface area contributed by atoms with Crippen LogP contribution in [0.25, 0.3) is 0 Å². The molecule has 0 saturated carbocycles. The van der Waals surface area contributed by atoms with Crippen LogP contribution in [0.15, 0.2) is 23.4 Å². The number of oxime groups is 1. The molecule has 0 atom stereocenters. The van der Waals surface area contributed by atoms with E-state index < -0.39 is 0 Å². The van der Waals surface area contributed by atoms with Crippen LogP contribution in [0, 0.1) is 0 Å². The van der Waals surface area contributed by atoms with Gasteiger partial charge in [0, 0.05) is 18.2 Å². The summed E-state index contributed by atoms with van der Waals surface area (Å²) in [5, 5.41) is 11.3. The Kier molecular flexibility index (Phi) is 8.28. The average Bonchev–Trinajstić information content (AvgIpc) is 2.36. The number of benzene rings is 1. The molecule has 19 heavy (non-hydrogen) atoms. The van der Waals surface area contributed by atoms with Crippen molar-refractivity contribution in [2.45, 2.75) is 13.8 Å². The van der Waals surface area contributed by atoms with Gasteiger partial charge in [-0.1, -0.05) is 5.16 Å². The van der Waals surface area contributed by atoms with Gasteiger partial charge in [0.1, 0.15) is 23.9 Å². The highest BCUT2D eigenvalue weighted by molar-refractivity contribution is 5.85. The minimum absolute atomic E-state index is 0. The SMILES string of the molecule is CCOc1cc(OCC)cc(OC/C(N)=N\O)c1.Cl. The molecule has 0 heterocycles. The molecular formula is C12H19ClN2O4. The number of halogens is 1. The van der Waals surface area contributed by atoms with Crippen molar-refractivity contribution in [3.05, 3.63) is 18.2 Å². The number of hydrogen-bond acceptors (Lipinski definition) is 5. The van der Waals surface area contributed by atoms with E-state index in [0.29, 0.717) is 30.5 Å². The zero-order valence-electron chi connectivity index (χ0n) is 11.0. The van der Waals surface area contributed by atoms with Crippen LogP contribution in [-0.2, 0) is 0 Å². The molecule has 0 aliphatic heterocycles. The Bertz CT molecular complexity index is 388. The van der Waals surface area contributed by atoms with Gasteiger partial charge in [-0.2, -0.15) is 0 Å². The lowest BCUT2D eigenvalue weighted by atomic mass is 10.3. The number of ether oxygens (including phenoxy) is 3. The molecule has 0 fully saturated rings. The first-order chi connectivity index (χ1) is 8.69. The van der Waals surface area contributed by atoms with Crippen LogP contribution >= 0.6 is 12.4 Å². The largest absolute Gasteiger partial charge is 0.494 e. The number of hydrogen-bond donors (Lipinski definition) is 2. The summed E-state index contributed by atoms with van der Waals surface area (Å²) >= 11 is 0. The molecule has 0 unspecified atom stereocenters. The molecule has 3 N–H and O–H groups in total. The highest BCUT2D eigenvalue weighted by Crippen LogP contribution is 2.27. The van der Waals surface area contributed by atoms with Gasteiger partial charge in [0.25, 0.3) is 0 Å². The second-order valence-corrected chi connectivity index (χ2v) is 3.39. The standard InChI is InChI=1S/C12H18N2O4.ClH/c1-3-16-9-5-10(17-4-2)7-11(6-9)18-8-12(13)14-15;/h5-7,15H,3-4,8H2,1-2H3,(H2,13,14);1H. The fourth-order valence-corrected chi connectivity index (χ4v) is 1.32. The number of nitrogens with zero attached hydrogens (tertiary/aromatic N) is 1. The van der Waals surface area contributed by atoms with Crippen molar-refractivity contribution in [2.24, 2.45) is 10.9 Å². The molecule has 0 radical (unpaired) electrons. The van der Waals surface area contributed by atoms with Crippen LogP contribution in [0.4, 0.5) is 0 Å². The molecule has 7 heteroatoms. The van der Waals surface area contributed by atoms with E-state index in [1.54, 1.807) is 18.2 Å². The Balaban J connectivity index is 0.00000324. The molecule has 0 aliphatic rings. The van der Waals surface area contributed by atoms with Crippen molar-refractivity contribution < 1.29 is 19.4 Å². The number of amidine groups is 1. The fraction of sp³-hybridized carbons (Fsp3) is 0.417. The predicted molar refractivity (Wildman–Crippen MR) is 74.9 cm³/mol. The Hall–Kier alpha value is -1.82. The first-order valence-corrected chi connectivity index (χ1v) is 5.69. The highest BCUT2D eigenvalue weighted by Gasteiger charge is 2.04. The fourth-order valence-electron chi connectivity index (χ4n) is 1.32. The maximum atomic E-state index is 8.42. The summed E-state index contributed by atoms with van der Waals surface area (Å²) in [6, 6.07) is 5.22. The molecule has 6 nitrogen and oxygen atoms in total. The van der Waals surface area contributed by atoms with Gasteiger partial charge in [0.15, 0.2) is 5.84 Å². The third-order valence-electron chi connectivity index (χ3n) is 1.99. The van der Waals surface area contributed by atoms with E-state index in [0.717, 1.165) is 0 Å². The van der Waals surface area contributed by atoms with Crippen LogP contribution in [0.1, 0.15) is 13.8 Å². The summed E-state index contributed by atoms with van der Waals surface area (Å²) in [5.74, 6) is 1.83. The number of nitrogens with two attached hydrogens (primary N) is 1. The molecule has 108 valence electrons. The Morgan fingerprint density at radius 2 is 1.47 bits per heavy atom. The highest BCUT2D eigenvalue weighted by atomic mass is 35.5. The lowest BCUT2D eigenvalue weighted by Gasteiger charge is -2.11. The van der Waals surface area contributed by atoms with Crippen molar-refractivity contribution >= 4 is 18.2 Å². The van der Waals surface area contributed by atoms with Gasteiger partial charge in [-0.15, -0.1) is 12.4 Å². The van der Waals surface area contributed by atoms with Crippen molar-refractivity contribution in [1.29, 1.82) is 0 Å². The first-order valence-electron chi connectivity index (χ1n) is 5.69. The molecule has 0 saturated heterocycles. The third-order valence-corrected chi connectivity index (χ3v) is 1.99. The van der Waals surface area contributed by atoms with E-state index in [1.165, 1.54) is 0 Å². The van der Waals surface area contributed by atoms with Crippen LogP contribution < -0.4 is 19.9 Å². The normalized spacial score (nSPS) is 10.5. The minimum atomic E-state index is -0.00484. The second-order valence-electron chi connectivity index (χ2n) is 3.39. The van der Waals surface area contributed by atoms with Crippen LogP contribution in [-0.4, -0.2) is 30.9 Å². The quantitative estimate of drug-likeness (QED) is 0.347. The first kappa shape index (κ1) is 17.2. The van der Waals surface area contributed by atoms with E-state index in [9.17, 15) is 0 Å². The minimum Gasteiger partial charge on any atom is -0.494 e. The van der Waals surface area contributed by atoms with Gasteiger partial charge in [0.2, 0.25) is 0 Å². The van der Waals surface area contributed by atoms with Gasteiger partial charge < -0.3 is 25.2 Å². The van der Waals surface area contributed by atoms with Crippen LogP contribution in [0.5, 0.6) is 17.2 Å². The van der Waals surface area contributed by atoms with E-state index in [4.69, 9.17) is 25.2 Å². The Morgan fingerprint density at radius 3 is 1.84 bits per heavy atom. The van der Waals surface area contributed by atoms with E-state index >= 15 is 0 Å². The summed E-state index contributed by atoms with van der Waals surface area (Å²) in [5.41, 5.74) is 5.33. The smallest absolute Gasteiger partial charge is 0.177 e. The van der Waals surface area contributed by atoms with Gasteiger partial charge in [-0.3, -0.25) is 0 Å². The van der Waals surface area contributed by atoms with E-state index in [2.05, 4.69) is 5.16 Å². The van der Waals surface area contributed by atoms with Crippen molar-refractivity contribution in [3.63, 3.8) is 0 Å². The summed E-state index contributed by atoms with van der Waals surface area (Å²) in [7, 11) is 0. The van der Waals surface area contributed by atoms with Crippen molar-refractivity contribution in [3.8, 4) is 17.2 Å². The molecule has 1 aromatic rings. The van der Waals surface area contributed by atoms with Gasteiger partial charge >= 0.3 is 0 Å². The second kappa shape index (κ2) is 9.16. The van der Waals surface area contributed by atoms with Gasteiger partial charge in [-0.25, -0.2) is 0 Å². The zero-order valence-corrected chi connectivity index (χ0v) is 11.8. The maximum absolute atomic E-state index is 8.42. The average molecular weight is 291 g/mol. The Morgan fingerprint density at radius 1 is 1.05 bits per heavy atom. The third kappa shape index (κ3) is 6.05. The topological polar surface area (TPSA) is 86.3 Å². The summed E-state index contributed by atoms with van der Waals surface area (Å²) < 4.78 is 16.1. The number of rotatable bonds is 7. The van der Waals surface area contributed by atoms with Crippen molar-refractivity contribution in [1.82, 2.24) is 0 Å². The Labute approximate surface area is 118 Å². The van der Waals surface area contributed by atoms with Crippen molar-refractivity contribution in [2.75, 3.05) is 19.8 Å². The lowest BCUT2D eigenvalue weighted by molar-refractivity contribution is 0.301. The van der Waals surface area contributed by atoms with Crippen LogP contribution in [0.2, 0.25) is 0 Å². The van der Waals surface area contributed by atoms with Gasteiger partial charge in [0.05, 0.1) is 13.2 Å².